The zero-order valence-corrected chi connectivity index (χ0v) is 12.5. The normalized spacial score (nSPS) is 17.4. The Kier molecular flexibility index (Phi) is 7.56. The SMILES string of the molecule is CCOP(=O)(OCC)N(C=O)CCN1CCOCC1. The van der Waals surface area contributed by atoms with E-state index >= 15 is 0 Å². The molecule has 0 aromatic carbocycles. The van der Waals surface area contributed by atoms with Crippen LogP contribution in [0.1, 0.15) is 13.8 Å². The number of nitrogens with zero attached hydrogens (tertiary/aromatic N) is 2. The van der Waals surface area contributed by atoms with E-state index in [1.807, 2.05) is 0 Å². The fourth-order valence-corrected chi connectivity index (χ4v) is 3.29. The van der Waals surface area contributed by atoms with Crippen LogP contribution in [0, 0.1) is 0 Å². The number of hydrogen-bond acceptors (Lipinski definition) is 6. The number of carbonyl (C=O) groups is 1. The van der Waals surface area contributed by atoms with Crippen molar-refractivity contribution >= 4 is 14.2 Å². The second kappa shape index (κ2) is 8.66. The number of carbonyl (C=O) groups excluding carboxylic acids is 1. The van der Waals surface area contributed by atoms with Crippen molar-refractivity contribution in [2.24, 2.45) is 0 Å². The summed E-state index contributed by atoms with van der Waals surface area (Å²) in [5.74, 6) is 0. The number of amides is 1. The minimum absolute atomic E-state index is 0.235. The highest BCUT2D eigenvalue weighted by Crippen LogP contribution is 2.50. The molecule has 112 valence electrons. The van der Waals surface area contributed by atoms with Crippen LogP contribution >= 0.6 is 7.75 Å². The summed E-state index contributed by atoms with van der Waals surface area (Å²) in [6, 6.07) is 0. The van der Waals surface area contributed by atoms with Crippen LogP contribution in [0.5, 0.6) is 0 Å². The van der Waals surface area contributed by atoms with Crippen molar-refractivity contribution in [2.45, 2.75) is 13.8 Å². The fraction of sp³-hybridized carbons (Fsp3) is 0.909. The molecule has 0 radical (unpaired) electrons. The monoisotopic (exact) mass is 294 g/mol. The van der Waals surface area contributed by atoms with Crippen LogP contribution in [-0.2, 0) is 23.1 Å². The average molecular weight is 294 g/mol. The number of ether oxygens (including phenoxy) is 1. The summed E-state index contributed by atoms with van der Waals surface area (Å²) in [6.07, 6.45) is 0.534. The molecule has 0 aliphatic carbocycles. The molecule has 0 aromatic heterocycles. The summed E-state index contributed by atoms with van der Waals surface area (Å²) in [7, 11) is -3.49. The molecule has 19 heavy (non-hydrogen) atoms. The van der Waals surface area contributed by atoms with Gasteiger partial charge in [0, 0.05) is 26.2 Å². The number of hydrogen-bond donors (Lipinski definition) is 0. The molecule has 0 unspecified atom stereocenters. The molecule has 0 spiro atoms. The van der Waals surface area contributed by atoms with Crippen molar-refractivity contribution in [2.75, 3.05) is 52.6 Å². The number of morpholine rings is 1. The van der Waals surface area contributed by atoms with Crippen LogP contribution in [-0.4, -0.2) is 68.6 Å². The van der Waals surface area contributed by atoms with Gasteiger partial charge in [0.05, 0.1) is 26.4 Å². The van der Waals surface area contributed by atoms with Crippen molar-refractivity contribution in [3.63, 3.8) is 0 Å². The molecule has 1 aliphatic rings. The minimum atomic E-state index is -3.49. The molecule has 1 saturated heterocycles. The first-order valence-corrected chi connectivity index (χ1v) is 8.07. The van der Waals surface area contributed by atoms with Crippen molar-refractivity contribution in [3.8, 4) is 0 Å². The Bertz CT molecular complexity index is 299. The molecule has 0 atom stereocenters. The molecule has 1 aliphatic heterocycles. The van der Waals surface area contributed by atoms with Crippen LogP contribution in [0.4, 0.5) is 0 Å². The smallest absolute Gasteiger partial charge is 0.379 e. The lowest BCUT2D eigenvalue weighted by molar-refractivity contribution is -0.115. The third-order valence-electron chi connectivity index (χ3n) is 2.77. The quantitative estimate of drug-likeness (QED) is 0.466. The van der Waals surface area contributed by atoms with Gasteiger partial charge in [-0.05, 0) is 13.8 Å². The van der Waals surface area contributed by atoms with Crippen LogP contribution < -0.4 is 0 Å². The molecule has 7 nitrogen and oxygen atoms in total. The Morgan fingerprint density at radius 3 is 2.32 bits per heavy atom. The first-order chi connectivity index (χ1) is 9.16. The Morgan fingerprint density at radius 1 is 1.26 bits per heavy atom. The second-order valence-electron chi connectivity index (χ2n) is 4.03. The molecule has 1 rings (SSSR count). The van der Waals surface area contributed by atoms with E-state index in [0.29, 0.717) is 32.7 Å². The van der Waals surface area contributed by atoms with E-state index in [1.165, 1.54) is 0 Å². The molecule has 1 heterocycles. The van der Waals surface area contributed by atoms with E-state index in [4.69, 9.17) is 13.8 Å². The Labute approximate surface area is 114 Å². The van der Waals surface area contributed by atoms with E-state index in [1.54, 1.807) is 13.8 Å². The van der Waals surface area contributed by atoms with Gasteiger partial charge in [-0.2, -0.15) is 0 Å². The highest BCUT2D eigenvalue weighted by atomic mass is 31.2. The van der Waals surface area contributed by atoms with Crippen molar-refractivity contribution < 1.29 is 23.1 Å². The Hall–Kier alpha value is -0.460. The van der Waals surface area contributed by atoms with E-state index < -0.39 is 7.75 Å². The van der Waals surface area contributed by atoms with Gasteiger partial charge in [-0.3, -0.25) is 23.4 Å². The minimum Gasteiger partial charge on any atom is -0.379 e. The maximum absolute atomic E-state index is 12.4. The maximum atomic E-state index is 12.4. The van der Waals surface area contributed by atoms with Crippen LogP contribution in [0.25, 0.3) is 0 Å². The topological polar surface area (TPSA) is 68.3 Å². The van der Waals surface area contributed by atoms with Gasteiger partial charge in [0.1, 0.15) is 0 Å². The van der Waals surface area contributed by atoms with E-state index in [2.05, 4.69) is 4.90 Å². The molecule has 1 amide bonds. The van der Waals surface area contributed by atoms with Gasteiger partial charge < -0.3 is 4.74 Å². The third-order valence-corrected chi connectivity index (χ3v) is 4.86. The van der Waals surface area contributed by atoms with Crippen LogP contribution in [0.3, 0.4) is 0 Å². The predicted molar refractivity (Wildman–Crippen MR) is 70.9 cm³/mol. The number of rotatable bonds is 9. The van der Waals surface area contributed by atoms with Gasteiger partial charge in [-0.25, -0.2) is 4.57 Å². The van der Waals surface area contributed by atoms with Crippen molar-refractivity contribution in [1.29, 1.82) is 0 Å². The molecule has 0 bridgehead atoms. The summed E-state index contributed by atoms with van der Waals surface area (Å²) in [4.78, 5) is 13.3. The van der Waals surface area contributed by atoms with E-state index in [-0.39, 0.29) is 13.2 Å². The lowest BCUT2D eigenvalue weighted by atomic mass is 10.4. The first kappa shape index (κ1) is 16.6. The summed E-state index contributed by atoms with van der Waals surface area (Å²) >= 11 is 0. The van der Waals surface area contributed by atoms with Crippen LogP contribution in [0.15, 0.2) is 0 Å². The summed E-state index contributed by atoms with van der Waals surface area (Å²) in [5, 5.41) is 0. The first-order valence-electron chi connectivity index (χ1n) is 6.58. The molecule has 1 fully saturated rings. The molecule has 0 aromatic rings. The van der Waals surface area contributed by atoms with Crippen LogP contribution in [0.2, 0.25) is 0 Å². The maximum Gasteiger partial charge on any atom is 0.437 e. The van der Waals surface area contributed by atoms with E-state index in [9.17, 15) is 9.36 Å². The second-order valence-corrected chi connectivity index (χ2v) is 5.99. The zero-order chi connectivity index (χ0) is 14.1. The molecular formula is C11H23N2O5P. The largest absolute Gasteiger partial charge is 0.437 e. The van der Waals surface area contributed by atoms with Gasteiger partial charge >= 0.3 is 7.75 Å². The highest BCUT2D eigenvalue weighted by molar-refractivity contribution is 7.51. The molecule has 0 N–H and O–H groups in total. The Morgan fingerprint density at radius 2 is 1.84 bits per heavy atom. The van der Waals surface area contributed by atoms with Gasteiger partial charge in [0.15, 0.2) is 0 Å². The fourth-order valence-electron chi connectivity index (χ4n) is 1.81. The Balaban J connectivity index is 2.53. The summed E-state index contributed by atoms with van der Waals surface area (Å²) in [5.41, 5.74) is 0. The van der Waals surface area contributed by atoms with Gasteiger partial charge in [0.25, 0.3) is 0 Å². The van der Waals surface area contributed by atoms with Crippen molar-refractivity contribution in [1.82, 2.24) is 9.57 Å². The molecular weight excluding hydrogens is 271 g/mol. The molecule has 0 saturated carbocycles. The predicted octanol–water partition coefficient (Wildman–Crippen LogP) is 0.958. The average Bonchev–Trinajstić information content (AvgIpc) is 2.41. The van der Waals surface area contributed by atoms with Gasteiger partial charge in [-0.15, -0.1) is 0 Å². The van der Waals surface area contributed by atoms with Crippen molar-refractivity contribution in [3.05, 3.63) is 0 Å². The van der Waals surface area contributed by atoms with E-state index in [0.717, 1.165) is 17.8 Å². The van der Waals surface area contributed by atoms with Gasteiger partial charge in [-0.1, -0.05) is 0 Å². The zero-order valence-electron chi connectivity index (χ0n) is 11.6. The lowest BCUT2D eigenvalue weighted by Crippen LogP contribution is -2.40. The lowest BCUT2D eigenvalue weighted by Gasteiger charge is -2.31. The van der Waals surface area contributed by atoms with Gasteiger partial charge in [0.2, 0.25) is 6.41 Å². The summed E-state index contributed by atoms with van der Waals surface area (Å²) in [6.45, 7) is 7.88. The molecule has 8 heteroatoms. The highest BCUT2D eigenvalue weighted by Gasteiger charge is 2.32. The third kappa shape index (κ3) is 5.20. The summed E-state index contributed by atoms with van der Waals surface area (Å²) < 4.78 is 29.1. The standard InChI is InChI=1S/C11H23N2O5P/c1-3-17-19(15,18-4-2)13(11-14)6-5-12-7-9-16-10-8-12/h11H,3-10H2,1-2H3.